The minimum Gasteiger partial charge on any atom is -0.496 e. The number of hydrogen-bond donors (Lipinski definition) is 2. The van der Waals surface area contributed by atoms with E-state index in [1.54, 1.807) is 24.5 Å². The van der Waals surface area contributed by atoms with Crippen LogP contribution in [-0.2, 0) is 11.2 Å². The molecule has 1 spiro atoms. The fourth-order valence-corrected chi connectivity index (χ4v) is 7.07. The number of carbonyl (C=O) groups excluding carboxylic acids is 1. The summed E-state index contributed by atoms with van der Waals surface area (Å²) >= 11 is 1.64. The van der Waals surface area contributed by atoms with E-state index in [0.29, 0.717) is 17.7 Å². The van der Waals surface area contributed by atoms with E-state index in [4.69, 9.17) is 9.84 Å². The number of ether oxygens (including phenoxy) is 1. The highest BCUT2D eigenvalue weighted by molar-refractivity contribution is 7.12. The zero-order chi connectivity index (χ0) is 25.6. The van der Waals surface area contributed by atoms with E-state index < -0.39 is 5.97 Å². The van der Waals surface area contributed by atoms with Gasteiger partial charge in [-0.1, -0.05) is 24.3 Å². The molecule has 0 atom stereocenters. The fraction of sp³-hybridized carbons (Fsp3) is 0.379. The molecular formula is C29H30FNO4S. The number of amides is 1. The molecule has 1 amide bonds. The third-order valence-corrected chi connectivity index (χ3v) is 8.88. The summed E-state index contributed by atoms with van der Waals surface area (Å²) in [4.78, 5) is 26.5. The van der Waals surface area contributed by atoms with E-state index in [2.05, 4.69) is 12.2 Å². The molecule has 3 aromatic rings. The molecule has 2 aliphatic rings. The third-order valence-electron chi connectivity index (χ3n) is 7.82. The van der Waals surface area contributed by atoms with Crippen LogP contribution in [0, 0.1) is 31.0 Å². The monoisotopic (exact) mass is 507 g/mol. The van der Waals surface area contributed by atoms with E-state index in [9.17, 15) is 14.0 Å². The molecular weight excluding hydrogens is 477 g/mol. The van der Waals surface area contributed by atoms with Crippen molar-refractivity contribution in [3.05, 3.63) is 74.7 Å². The minimum absolute atomic E-state index is 0.0399. The van der Waals surface area contributed by atoms with E-state index in [0.717, 1.165) is 57.7 Å². The number of carboxylic acid groups (broad SMARTS) is 1. The van der Waals surface area contributed by atoms with Gasteiger partial charge in [-0.3, -0.25) is 9.59 Å². The summed E-state index contributed by atoms with van der Waals surface area (Å²) in [5, 5.41) is 12.3. The Kier molecular flexibility index (Phi) is 6.37. The second-order valence-corrected chi connectivity index (χ2v) is 11.7. The Morgan fingerprint density at radius 2 is 1.78 bits per heavy atom. The van der Waals surface area contributed by atoms with Crippen molar-refractivity contribution < 1.29 is 23.8 Å². The number of carbonyl (C=O) groups is 2. The van der Waals surface area contributed by atoms with Crippen LogP contribution < -0.4 is 10.1 Å². The summed E-state index contributed by atoms with van der Waals surface area (Å²) in [7, 11) is 1.57. The largest absolute Gasteiger partial charge is 0.496 e. The molecule has 188 valence electrons. The van der Waals surface area contributed by atoms with Gasteiger partial charge in [0, 0.05) is 21.4 Å². The van der Waals surface area contributed by atoms with Crippen molar-refractivity contribution in [2.24, 2.45) is 11.3 Å². The molecule has 2 N–H and O–H groups in total. The molecule has 1 heterocycles. The first-order chi connectivity index (χ1) is 17.2. The van der Waals surface area contributed by atoms with Crippen LogP contribution in [0.25, 0.3) is 11.1 Å². The van der Waals surface area contributed by atoms with Crippen LogP contribution >= 0.6 is 11.3 Å². The number of halogens is 1. The average Bonchev–Trinajstić information content (AvgIpc) is 3.07. The maximum Gasteiger partial charge on any atom is 0.306 e. The van der Waals surface area contributed by atoms with Crippen molar-refractivity contribution in [2.75, 3.05) is 7.11 Å². The lowest BCUT2D eigenvalue weighted by Gasteiger charge is -2.56. The number of methoxy groups -OCH3 is 1. The van der Waals surface area contributed by atoms with Crippen molar-refractivity contribution in [1.82, 2.24) is 5.32 Å². The second kappa shape index (κ2) is 9.36. The normalized spacial score (nSPS) is 22.6. The molecule has 2 aliphatic carbocycles. The number of carboxylic acids is 1. The molecule has 36 heavy (non-hydrogen) atoms. The van der Waals surface area contributed by atoms with Crippen LogP contribution in [0.15, 0.2) is 42.5 Å². The first kappa shape index (κ1) is 24.5. The summed E-state index contributed by atoms with van der Waals surface area (Å²) in [6.45, 7) is 4.04. The van der Waals surface area contributed by atoms with Crippen molar-refractivity contribution in [3.63, 3.8) is 0 Å². The molecule has 0 radical (unpaired) electrons. The van der Waals surface area contributed by atoms with Crippen LogP contribution in [0.3, 0.4) is 0 Å². The van der Waals surface area contributed by atoms with Gasteiger partial charge >= 0.3 is 5.97 Å². The molecule has 2 fully saturated rings. The molecule has 0 aliphatic heterocycles. The molecule has 2 aromatic carbocycles. The van der Waals surface area contributed by atoms with Gasteiger partial charge in [-0.2, -0.15) is 0 Å². The summed E-state index contributed by atoms with van der Waals surface area (Å²) in [5.74, 6) is -0.660. The summed E-state index contributed by atoms with van der Waals surface area (Å²) in [6.07, 6.45) is 3.83. The van der Waals surface area contributed by atoms with Crippen LogP contribution in [0.5, 0.6) is 5.75 Å². The summed E-state index contributed by atoms with van der Waals surface area (Å²) in [5.41, 5.74) is 4.55. The van der Waals surface area contributed by atoms with Crippen LogP contribution in [0.1, 0.15) is 56.9 Å². The predicted octanol–water partition coefficient (Wildman–Crippen LogP) is 6.14. The first-order valence-corrected chi connectivity index (χ1v) is 13.0. The van der Waals surface area contributed by atoms with Crippen molar-refractivity contribution in [2.45, 2.75) is 52.0 Å². The predicted molar refractivity (Wildman–Crippen MR) is 138 cm³/mol. The number of thiophene rings is 1. The Hall–Kier alpha value is -3.19. The highest BCUT2D eigenvalue weighted by Crippen LogP contribution is 2.58. The van der Waals surface area contributed by atoms with Crippen molar-refractivity contribution in [1.29, 1.82) is 0 Å². The summed E-state index contributed by atoms with van der Waals surface area (Å²) in [6, 6.07) is 12.5. The number of nitrogens with one attached hydrogen (secondary N) is 1. The van der Waals surface area contributed by atoms with Crippen molar-refractivity contribution >= 4 is 23.2 Å². The number of aryl methyl sites for hydroxylation is 2. The van der Waals surface area contributed by atoms with Gasteiger partial charge in [0.15, 0.2) is 0 Å². The molecule has 0 bridgehead atoms. The maximum atomic E-state index is 13.8. The third kappa shape index (κ3) is 4.52. The molecule has 2 saturated carbocycles. The number of hydrogen-bond acceptors (Lipinski definition) is 4. The van der Waals surface area contributed by atoms with E-state index >= 15 is 0 Å². The number of aliphatic carboxylic acids is 1. The fourth-order valence-electron chi connectivity index (χ4n) is 5.99. The summed E-state index contributed by atoms with van der Waals surface area (Å²) < 4.78 is 19.2. The Bertz CT molecular complexity index is 1320. The minimum atomic E-state index is -0.703. The number of benzene rings is 2. The highest BCUT2D eigenvalue weighted by Gasteiger charge is 2.55. The lowest BCUT2D eigenvalue weighted by Crippen LogP contribution is -2.57. The zero-order valence-corrected chi connectivity index (χ0v) is 21.5. The van der Waals surface area contributed by atoms with E-state index in [1.807, 2.05) is 31.2 Å². The Morgan fingerprint density at radius 1 is 1.08 bits per heavy atom. The highest BCUT2D eigenvalue weighted by atomic mass is 32.1. The van der Waals surface area contributed by atoms with E-state index in [1.165, 1.54) is 12.1 Å². The van der Waals surface area contributed by atoms with Gasteiger partial charge in [-0.15, -0.1) is 11.3 Å². The molecule has 1 aromatic heterocycles. The Morgan fingerprint density at radius 3 is 2.42 bits per heavy atom. The lowest BCUT2D eigenvalue weighted by molar-refractivity contribution is -0.155. The van der Waals surface area contributed by atoms with Gasteiger partial charge in [0.05, 0.1) is 18.6 Å². The average molecular weight is 508 g/mol. The Labute approximate surface area is 214 Å². The smallest absolute Gasteiger partial charge is 0.306 e. The lowest BCUT2D eigenvalue weighted by atomic mass is 9.50. The molecule has 0 unspecified atom stereocenters. The van der Waals surface area contributed by atoms with Gasteiger partial charge in [-0.25, -0.2) is 4.39 Å². The Balaban J connectivity index is 1.28. The topological polar surface area (TPSA) is 75.6 Å². The van der Waals surface area contributed by atoms with Gasteiger partial charge in [0.25, 0.3) is 5.91 Å². The van der Waals surface area contributed by atoms with Crippen molar-refractivity contribution in [3.8, 4) is 16.9 Å². The molecule has 5 rings (SSSR count). The number of rotatable bonds is 7. The quantitative estimate of drug-likeness (QED) is 0.403. The second-order valence-electron chi connectivity index (χ2n) is 10.3. The van der Waals surface area contributed by atoms with E-state index in [-0.39, 0.29) is 29.1 Å². The van der Waals surface area contributed by atoms with Gasteiger partial charge in [-0.05, 0) is 86.3 Å². The van der Waals surface area contributed by atoms with Gasteiger partial charge < -0.3 is 15.2 Å². The van der Waals surface area contributed by atoms with Crippen LogP contribution in [0.4, 0.5) is 4.39 Å². The van der Waals surface area contributed by atoms with Crippen LogP contribution in [0.2, 0.25) is 0 Å². The van der Waals surface area contributed by atoms with Gasteiger partial charge in [0.2, 0.25) is 0 Å². The van der Waals surface area contributed by atoms with Gasteiger partial charge in [0.1, 0.15) is 11.6 Å². The standard InChI is InChI=1S/C29H30FNO4S/c1-16-23(10-18-4-6-19(7-5-18)24-11-21(30)8-9-25(24)35-3)26(17(2)36-16)27(32)31-22-14-29(15-22)12-20(13-29)28(33)34/h4-9,11,20,22H,10,12-15H2,1-3H3,(H,31,32)(H,33,34). The SMILES string of the molecule is COc1ccc(F)cc1-c1ccc(Cc2c(C)sc(C)c2C(=O)NC2CC3(C2)CC(C(=O)O)C3)cc1. The molecule has 0 saturated heterocycles. The zero-order valence-electron chi connectivity index (χ0n) is 20.7. The first-order valence-electron chi connectivity index (χ1n) is 12.2. The molecule has 5 nitrogen and oxygen atoms in total. The molecule has 7 heteroatoms. The maximum absolute atomic E-state index is 13.8. The van der Waals surface area contributed by atoms with Crippen LogP contribution in [-0.4, -0.2) is 30.1 Å².